The molecule has 1 amide bonds. The van der Waals surface area contributed by atoms with Crippen LogP contribution < -0.4 is 5.32 Å². The molecule has 2 aromatic rings. The number of hydrogen-bond donors (Lipinski definition) is 1. The van der Waals surface area contributed by atoms with Crippen LogP contribution in [0.15, 0.2) is 39.8 Å². The Bertz CT molecular complexity index is 976. The maximum Gasteiger partial charge on any atom is 0.246 e. The lowest BCUT2D eigenvalue weighted by atomic mass is 9.92. The van der Waals surface area contributed by atoms with Crippen LogP contribution in [0.4, 0.5) is 10.3 Å². The first-order chi connectivity index (χ1) is 13.6. The summed E-state index contributed by atoms with van der Waals surface area (Å²) in [5.74, 6) is -0.760. The van der Waals surface area contributed by atoms with Crippen LogP contribution in [0.3, 0.4) is 0 Å². The van der Waals surface area contributed by atoms with Gasteiger partial charge in [-0.05, 0) is 12.1 Å². The van der Waals surface area contributed by atoms with Gasteiger partial charge in [-0.25, -0.2) is 12.8 Å². The average molecular weight is 424 g/mol. The lowest BCUT2D eigenvalue weighted by Gasteiger charge is -2.33. The van der Waals surface area contributed by atoms with E-state index in [0.717, 1.165) is 11.8 Å². The fraction of sp³-hybridized carbons (Fsp3) is 0.474. The largest absolute Gasteiger partial charge is 0.338 e. The van der Waals surface area contributed by atoms with Gasteiger partial charge in [0.2, 0.25) is 21.8 Å². The van der Waals surface area contributed by atoms with E-state index in [0.29, 0.717) is 13.1 Å². The summed E-state index contributed by atoms with van der Waals surface area (Å²) in [4.78, 5) is 13.8. The van der Waals surface area contributed by atoms with Crippen LogP contribution in [0.5, 0.6) is 0 Å². The number of sulfonamides is 1. The molecule has 158 valence electrons. The molecular weight excluding hydrogens is 399 g/mol. The molecule has 1 N–H and O–H groups in total. The third-order valence-electron chi connectivity index (χ3n) is 4.69. The molecule has 3 rings (SSSR count). The Labute approximate surface area is 169 Å². The highest BCUT2D eigenvalue weighted by atomic mass is 32.2. The van der Waals surface area contributed by atoms with Crippen molar-refractivity contribution in [2.75, 3.05) is 38.0 Å². The minimum atomic E-state index is -3.90. The normalized spacial score (nSPS) is 16.7. The molecule has 8 nitrogen and oxygen atoms in total. The Morgan fingerprint density at radius 2 is 1.86 bits per heavy atom. The molecule has 0 atom stereocenters. The van der Waals surface area contributed by atoms with Gasteiger partial charge in [0.05, 0.1) is 12.2 Å². The predicted molar refractivity (Wildman–Crippen MR) is 105 cm³/mol. The SMILES string of the molecule is CC(C)(C)c1cc(NC(=O)CN2CCN(S(=O)(=O)c3ccccc3F)CC2)on1. The molecule has 1 aliphatic heterocycles. The topological polar surface area (TPSA) is 95.8 Å². The van der Waals surface area contributed by atoms with Gasteiger partial charge in [0, 0.05) is 37.7 Å². The summed E-state index contributed by atoms with van der Waals surface area (Å²) in [5.41, 5.74) is 0.548. The zero-order valence-electron chi connectivity index (χ0n) is 16.7. The molecule has 1 aliphatic rings. The Morgan fingerprint density at radius 1 is 1.21 bits per heavy atom. The maximum absolute atomic E-state index is 13.9. The second-order valence-electron chi connectivity index (χ2n) is 7.99. The first-order valence-electron chi connectivity index (χ1n) is 9.31. The molecule has 0 unspecified atom stereocenters. The third kappa shape index (κ3) is 5.01. The van der Waals surface area contributed by atoms with Crippen molar-refractivity contribution in [3.63, 3.8) is 0 Å². The van der Waals surface area contributed by atoms with Crippen molar-refractivity contribution in [3.8, 4) is 0 Å². The summed E-state index contributed by atoms with van der Waals surface area (Å²) in [6.45, 7) is 7.16. The van der Waals surface area contributed by atoms with Crippen LogP contribution in [-0.2, 0) is 20.2 Å². The monoisotopic (exact) mass is 424 g/mol. The summed E-state index contributed by atoms with van der Waals surface area (Å²) >= 11 is 0. The average Bonchev–Trinajstić information content (AvgIpc) is 3.11. The van der Waals surface area contributed by atoms with E-state index in [-0.39, 0.29) is 41.7 Å². The van der Waals surface area contributed by atoms with E-state index in [1.54, 1.807) is 6.07 Å². The van der Waals surface area contributed by atoms with E-state index in [4.69, 9.17) is 4.52 Å². The Balaban J connectivity index is 1.54. The maximum atomic E-state index is 13.9. The molecule has 0 spiro atoms. The van der Waals surface area contributed by atoms with Gasteiger partial charge < -0.3 is 4.52 Å². The number of anilines is 1. The van der Waals surface area contributed by atoms with Crippen LogP contribution in [0.2, 0.25) is 0 Å². The number of nitrogens with one attached hydrogen (secondary N) is 1. The molecule has 29 heavy (non-hydrogen) atoms. The van der Waals surface area contributed by atoms with Gasteiger partial charge >= 0.3 is 0 Å². The van der Waals surface area contributed by atoms with E-state index in [1.165, 1.54) is 22.5 Å². The third-order valence-corrected chi connectivity index (χ3v) is 6.63. The summed E-state index contributed by atoms with van der Waals surface area (Å²) in [7, 11) is -3.90. The summed E-state index contributed by atoms with van der Waals surface area (Å²) < 4.78 is 45.5. The highest BCUT2D eigenvalue weighted by Gasteiger charge is 2.31. The number of carbonyl (C=O) groups excluding carboxylic acids is 1. The van der Waals surface area contributed by atoms with Crippen molar-refractivity contribution in [3.05, 3.63) is 41.8 Å². The van der Waals surface area contributed by atoms with Gasteiger partial charge in [-0.2, -0.15) is 4.31 Å². The molecule has 0 aliphatic carbocycles. The Kier molecular flexibility index (Phi) is 6.06. The first-order valence-corrected chi connectivity index (χ1v) is 10.8. The number of benzene rings is 1. The number of amides is 1. The molecule has 1 saturated heterocycles. The zero-order valence-corrected chi connectivity index (χ0v) is 17.5. The molecule has 0 radical (unpaired) electrons. The highest BCUT2D eigenvalue weighted by Crippen LogP contribution is 2.24. The number of rotatable bonds is 5. The molecule has 1 aromatic carbocycles. The molecule has 0 saturated carbocycles. The fourth-order valence-electron chi connectivity index (χ4n) is 2.99. The fourth-order valence-corrected chi connectivity index (χ4v) is 4.48. The van der Waals surface area contributed by atoms with Crippen LogP contribution in [-0.4, -0.2) is 61.4 Å². The lowest BCUT2D eigenvalue weighted by Crippen LogP contribution is -2.50. The highest BCUT2D eigenvalue weighted by molar-refractivity contribution is 7.89. The molecular formula is C19H25FN4O4S. The second-order valence-corrected chi connectivity index (χ2v) is 9.89. The molecule has 1 aromatic heterocycles. The van der Waals surface area contributed by atoms with E-state index in [2.05, 4.69) is 10.5 Å². The lowest BCUT2D eigenvalue weighted by molar-refractivity contribution is -0.117. The van der Waals surface area contributed by atoms with Gasteiger partial charge in [0.15, 0.2) is 0 Å². The van der Waals surface area contributed by atoms with Crippen molar-refractivity contribution in [1.82, 2.24) is 14.4 Å². The smallest absolute Gasteiger partial charge is 0.246 e. The van der Waals surface area contributed by atoms with Crippen molar-refractivity contribution >= 4 is 21.8 Å². The van der Waals surface area contributed by atoms with Crippen molar-refractivity contribution < 1.29 is 22.1 Å². The molecule has 1 fully saturated rings. The number of halogens is 1. The Hall–Kier alpha value is -2.30. The van der Waals surface area contributed by atoms with Crippen molar-refractivity contribution in [1.29, 1.82) is 0 Å². The van der Waals surface area contributed by atoms with E-state index in [9.17, 15) is 17.6 Å². The van der Waals surface area contributed by atoms with Crippen molar-refractivity contribution in [2.45, 2.75) is 31.1 Å². The predicted octanol–water partition coefficient (Wildman–Crippen LogP) is 2.06. The molecule has 2 heterocycles. The van der Waals surface area contributed by atoms with Gasteiger partial charge in [0.1, 0.15) is 10.7 Å². The van der Waals surface area contributed by atoms with Gasteiger partial charge in [0.25, 0.3) is 0 Å². The number of piperazine rings is 1. The van der Waals surface area contributed by atoms with E-state index >= 15 is 0 Å². The minimum Gasteiger partial charge on any atom is -0.338 e. The second kappa shape index (κ2) is 8.21. The van der Waals surface area contributed by atoms with E-state index < -0.39 is 15.8 Å². The summed E-state index contributed by atoms with van der Waals surface area (Å²) in [6.07, 6.45) is 0. The van der Waals surface area contributed by atoms with Crippen LogP contribution in [0, 0.1) is 5.82 Å². The summed E-state index contributed by atoms with van der Waals surface area (Å²) in [6, 6.07) is 7.02. The van der Waals surface area contributed by atoms with Crippen LogP contribution in [0.1, 0.15) is 26.5 Å². The van der Waals surface area contributed by atoms with E-state index in [1.807, 2.05) is 25.7 Å². The van der Waals surface area contributed by atoms with Gasteiger partial charge in [-0.3, -0.25) is 15.0 Å². The minimum absolute atomic E-state index is 0.0964. The van der Waals surface area contributed by atoms with Crippen molar-refractivity contribution in [2.24, 2.45) is 0 Å². The number of aromatic nitrogens is 1. The summed E-state index contributed by atoms with van der Waals surface area (Å²) in [5, 5.41) is 6.62. The number of hydrogen-bond acceptors (Lipinski definition) is 6. The molecule has 0 bridgehead atoms. The van der Waals surface area contributed by atoms with Gasteiger partial charge in [-0.15, -0.1) is 0 Å². The van der Waals surface area contributed by atoms with Crippen LogP contribution >= 0.6 is 0 Å². The quantitative estimate of drug-likeness (QED) is 0.789. The number of carbonyl (C=O) groups is 1. The number of nitrogens with zero attached hydrogens (tertiary/aromatic N) is 3. The standard InChI is InChI=1S/C19H25FN4O4S/c1-19(2,3)16-12-18(28-22-16)21-17(25)13-23-8-10-24(11-9-23)29(26,27)15-7-5-4-6-14(15)20/h4-7,12H,8-11,13H2,1-3H3,(H,21,25). The molecule has 10 heteroatoms. The zero-order chi connectivity index (χ0) is 21.2. The van der Waals surface area contributed by atoms with Gasteiger partial charge in [-0.1, -0.05) is 38.1 Å². The van der Waals surface area contributed by atoms with Crippen LogP contribution in [0.25, 0.3) is 0 Å². The first kappa shape index (κ1) is 21.4. The Morgan fingerprint density at radius 3 is 2.45 bits per heavy atom.